The Labute approximate surface area is 109 Å². The van der Waals surface area contributed by atoms with Gasteiger partial charge in [-0.25, -0.2) is 0 Å². The second-order valence-electron chi connectivity index (χ2n) is 5.40. The van der Waals surface area contributed by atoms with E-state index in [-0.39, 0.29) is 0 Å². The summed E-state index contributed by atoms with van der Waals surface area (Å²) in [6.07, 6.45) is 7.03. The van der Waals surface area contributed by atoms with Crippen molar-refractivity contribution in [3.63, 3.8) is 0 Å². The Kier molecular flexibility index (Phi) is 2.62. The summed E-state index contributed by atoms with van der Waals surface area (Å²) in [7, 11) is 0. The van der Waals surface area contributed by atoms with Crippen LogP contribution in [0.3, 0.4) is 0 Å². The average Bonchev–Trinajstić information content (AvgIpc) is 2.86. The summed E-state index contributed by atoms with van der Waals surface area (Å²) in [6, 6.07) is 11.1. The molecule has 1 heterocycles. The molecule has 1 heteroatoms. The van der Waals surface area contributed by atoms with Crippen molar-refractivity contribution < 1.29 is 0 Å². The largest absolute Gasteiger partial charge is 0.334 e. The standard InChI is InChI=1S/C17H19N/c1-12(2)14-10-15-9-13(3)18(17(15)11-14)16-7-5-4-6-8-16/h4-13H,1-3H3. The second kappa shape index (κ2) is 4.16. The smallest absolute Gasteiger partial charge is 0.0503 e. The number of benzene rings is 1. The maximum absolute atomic E-state index is 2.42. The molecule has 1 atom stereocenters. The molecule has 1 aromatic rings. The Bertz CT molecular complexity index is 546. The maximum atomic E-state index is 2.42. The number of nitrogens with zero attached hydrogens (tertiary/aromatic N) is 1. The van der Waals surface area contributed by atoms with Crippen LogP contribution in [0.25, 0.3) is 0 Å². The molecule has 0 fully saturated rings. The van der Waals surface area contributed by atoms with E-state index in [4.69, 9.17) is 0 Å². The lowest BCUT2D eigenvalue weighted by molar-refractivity contribution is 0.790. The van der Waals surface area contributed by atoms with Crippen molar-refractivity contribution in [1.29, 1.82) is 0 Å². The van der Waals surface area contributed by atoms with Gasteiger partial charge < -0.3 is 4.90 Å². The minimum atomic E-state index is 0.443. The lowest BCUT2D eigenvalue weighted by Crippen LogP contribution is -2.25. The number of para-hydroxylation sites is 1. The molecule has 1 aliphatic heterocycles. The third kappa shape index (κ3) is 1.71. The first-order chi connectivity index (χ1) is 8.66. The van der Waals surface area contributed by atoms with Crippen molar-refractivity contribution in [3.8, 4) is 0 Å². The van der Waals surface area contributed by atoms with Crippen LogP contribution in [0.2, 0.25) is 0 Å². The van der Waals surface area contributed by atoms with Gasteiger partial charge in [-0.15, -0.1) is 0 Å². The van der Waals surface area contributed by atoms with Crippen molar-refractivity contribution in [1.82, 2.24) is 0 Å². The first-order valence-electron chi connectivity index (χ1n) is 6.66. The maximum Gasteiger partial charge on any atom is 0.0503 e. The monoisotopic (exact) mass is 237 g/mol. The van der Waals surface area contributed by atoms with Gasteiger partial charge in [-0.1, -0.05) is 38.1 Å². The fourth-order valence-electron chi connectivity index (χ4n) is 2.73. The highest BCUT2D eigenvalue weighted by molar-refractivity contribution is 5.70. The minimum Gasteiger partial charge on any atom is -0.334 e. The molecule has 18 heavy (non-hydrogen) atoms. The topological polar surface area (TPSA) is 3.24 Å². The second-order valence-corrected chi connectivity index (χ2v) is 5.40. The van der Waals surface area contributed by atoms with E-state index in [2.05, 4.69) is 74.2 Å². The molecule has 92 valence electrons. The molecule has 0 bridgehead atoms. The van der Waals surface area contributed by atoms with E-state index in [0.717, 1.165) is 0 Å². The van der Waals surface area contributed by atoms with E-state index in [1.807, 2.05) is 0 Å². The molecule has 1 aromatic carbocycles. The van der Waals surface area contributed by atoms with Crippen molar-refractivity contribution in [2.24, 2.45) is 5.92 Å². The molecule has 0 saturated heterocycles. The lowest BCUT2D eigenvalue weighted by Gasteiger charge is -2.25. The van der Waals surface area contributed by atoms with E-state index in [1.165, 1.54) is 22.5 Å². The van der Waals surface area contributed by atoms with Gasteiger partial charge >= 0.3 is 0 Å². The van der Waals surface area contributed by atoms with E-state index in [1.54, 1.807) is 0 Å². The van der Waals surface area contributed by atoms with Gasteiger partial charge in [-0.05, 0) is 48.3 Å². The van der Waals surface area contributed by atoms with Gasteiger partial charge in [0, 0.05) is 11.4 Å². The van der Waals surface area contributed by atoms with E-state index in [0.29, 0.717) is 12.0 Å². The summed E-state index contributed by atoms with van der Waals surface area (Å²) in [5.41, 5.74) is 5.46. The fraction of sp³-hybridized carbons (Fsp3) is 0.294. The Morgan fingerprint density at radius 1 is 1.06 bits per heavy atom. The fourth-order valence-corrected chi connectivity index (χ4v) is 2.73. The normalized spacial score (nSPS) is 21.9. The molecule has 1 unspecified atom stereocenters. The molecular weight excluding hydrogens is 218 g/mol. The van der Waals surface area contributed by atoms with Gasteiger partial charge in [-0.2, -0.15) is 0 Å². The molecule has 0 amide bonds. The number of anilines is 1. The van der Waals surface area contributed by atoms with Crippen molar-refractivity contribution in [2.75, 3.05) is 4.90 Å². The van der Waals surface area contributed by atoms with Crippen LogP contribution in [0.1, 0.15) is 20.8 Å². The van der Waals surface area contributed by atoms with Gasteiger partial charge in [0.2, 0.25) is 0 Å². The Hall–Kier alpha value is -1.76. The van der Waals surface area contributed by atoms with Crippen LogP contribution < -0.4 is 4.90 Å². The number of allylic oxidation sites excluding steroid dienone is 3. The van der Waals surface area contributed by atoms with E-state index >= 15 is 0 Å². The van der Waals surface area contributed by atoms with Gasteiger partial charge in [0.25, 0.3) is 0 Å². The molecule has 0 N–H and O–H groups in total. The minimum absolute atomic E-state index is 0.443. The van der Waals surface area contributed by atoms with Gasteiger partial charge in [-0.3, -0.25) is 0 Å². The van der Waals surface area contributed by atoms with Crippen LogP contribution >= 0.6 is 0 Å². The van der Waals surface area contributed by atoms with Crippen LogP contribution in [0.5, 0.6) is 0 Å². The summed E-state index contributed by atoms with van der Waals surface area (Å²) >= 11 is 0. The summed E-state index contributed by atoms with van der Waals surface area (Å²) in [4.78, 5) is 2.42. The summed E-state index contributed by atoms with van der Waals surface area (Å²) in [6.45, 7) is 6.75. The third-order valence-corrected chi connectivity index (χ3v) is 3.71. The van der Waals surface area contributed by atoms with Gasteiger partial charge in [0.05, 0.1) is 6.04 Å². The molecule has 3 rings (SSSR count). The first-order valence-corrected chi connectivity index (χ1v) is 6.66. The zero-order valence-corrected chi connectivity index (χ0v) is 11.2. The highest BCUT2D eigenvalue weighted by atomic mass is 15.2. The predicted octanol–water partition coefficient (Wildman–Crippen LogP) is 4.30. The Morgan fingerprint density at radius 2 is 1.78 bits per heavy atom. The lowest BCUT2D eigenvalue weighted by atomic mass is 10.0. The Balaban J connectivity index is 1.99. The number of fused-ring (bicyclic) bond motifs is 1. The average molecular weight is 237 g/mol. The zero-order valence-electron chi connectivity index (χ0n) is 11.2. The van der Waals surface area contributed by atoms with Crippen LogP contribution in [-0.4, -0.2) is 6.04 Å². The van der Waals surface area contributed by atoms with Crippen LogP contribution in [0.15, 0.2) is 65.4 Å². The zero-order chi connectivity index (χ0) is 12.7. The first kappa shape index (κ1) is 11.3. The summed E-state index contributed by atoms with van der Waals surface area (Å²) < 4.78 is 0. The highest BCUT2D eigenvalue weighted by Crippen LogP contribution is 2.39. The number of hydrogen-bond donors (Lipinski definition) is 0. The third-order valence-electron chi connectivity index (χ3n) is 3.71. The van der Waals surface area contributed by atoms with Crippen LogP contribution in [0, 0.1) is 5.92 Å². The quantitative estimate of drug-likeness (QED) is 0.741. The van der Waals surface area contributed by atoms with E-state index in [9.17, 15) is 0 Å². The van der Waals surface area contributed by atoms with E-state index < -0.39 is 0 Å². The van der Waals surface area contributed by atoms with Crippen molar-refractivity contribution in [2.45, 2.75) is 26.8 Å². The molecule has 0 aromatic heterocycles. The Morgan fingerprint density at radius 3 is 2.44 bits per heavy atom. The molecule has 0 radical (unpaired) electrons. The SMILES string of the molecule is CC(C)C1=CC2=CC(C)N(c3ccccc3)C2=C1. The molecule has 0 saturated carbocycles. The molecule has 2 aliphatic rings. The predicted molar refractivity (Wildman–Crippen MR) is 77.5 cm³/mol. The highest BCUT2D eigenvalue weighted by Gasteiger charge is 2.29. The molecule has 1 aliphatic carbocycles. The van der Waals surface area contributed by atoms with Crippen LogP contribution in [-0.2, 0) is 0 Å². The molecule has 0 spiro atoms. The summed E-state index contributed by atoms with van der Waals surface area (Å²) in [5.74, 6) is 0.594. The number of hydrogen-bond acceptors (Lipinski definition) is 1. The summed E-state index contributed by atoms with van der Waals surface area (Å²) in [5, 5.41) is 0. The van der Waals surface area contributed by atoms with Crippen molar-refractivity contribution >= 4 is 5.69 Å². The van der Waals surface area contributed by atoms with Crippen LogP contribution in [0.4, 0.5) is 5.69 Å². The molecular formula is C17H19N. The van der Waals surface area contributed by atoms with Crippen molar-refractivity contribution in [3.05, 3.63) is 65.4 Å². The molecule has 1 nitrogen and oxygen atoms in total. The van der Waals surface area contributed by atoms with Gasteiger partial charge in [0.1, 0.15) is 0 Å². The number of rotatable bonds is 2. The van der Waals surface area contributed by atoms with Gasteiger partial charge in [0.15, 0.2) is 0 Å².